The van der Waals surface area contributed by atoms with Gasteiger partial charge in [0.05, 0.1) is 8.07 Å². The highest BCUT2D eigenvalue weighted by molar-refractivity contribution is 6.84. The normalized spacial score (nSPS) is 10.1. The molecule has 248 valence electrons. The van der Waals surface area contributed by atoms with Crippen LogP contribution in [0.15, 0.2) is 0 Å². The summed E-state index contributed by atoms with van der Waals surface area (Å²) in [5.41, 5.74) is 4.14. The van der Waals surface area contributed by atoms with Crippen molar-refractivity contribution in [2.45, 2.75) is 218 Å². The van der Waals surface area contributed by atoms with Crippen molar-refractivity contribution in [1.82, 2.24) is 0 Å². The Hall–Kier alpha value is 0.217. The van der Waals surface area contributed by atoms with E-state index in [1.165, 1.54) is 0 Å². The van der Waals surface area contributed by atoms with E-state index in [9.17, 15) is 0 Å². The van der Waals surface area contributed by atoms with Crippen LogP contribution in [0.1, 0.15) is 196 Å². The van der Waals surface area contributed by atoms with E-state index in [0.717, 1.165) is 45.8 Å². The average Bonchev–Trinajstić information content (AvgIpc) is 2.73. The molecule has 0 aliphatic carbocycles. The topological polar surface area (TPSA) is 0 Å². The summed E-state index contributed by atoms with van der Waals surface area (Å²) >= 11 is 0. The van der Waals surface area contributed by atoms with E-state index in [-0.39, 0.29) is 29.7 Å². The summed E-state index contributed by atoms with van der Waals surface area (Å²) in [5.74, 6) is 3.08. The standard InChI is InChI=1S/C13H28.C12H28Si.4C2H6.4CH4/c2*1-9(2)13(10(3)4,11(5)6)12(7)8;4*1-2;;;;/h2*9-12H,1-8H3;4*1-2H3;4*1H4. The molecule has 38 heavy (non-hydrogen) atoms. The third kappa shape index (κ3) is 19.3. The Morgan fingerprint density at radius 3 is 0.395 bits per heavy atom. The lowest BCUT2D eigenvalue weighted by Crippen LogP contribution is -2.47. The van der Waals surface area contributed by atoms with Crippen LogP contribution in [-0.2, 0) is 0 Å². The fourth-order valence-corrected chi connectivity index (χ4v) is 16.0. The van der Waals surface area contributed by atoms with E-state index in [1.807, 2.05) is 55.4 Å². The van der Waals surface area contributed by atoms with E-state index < -0.39 is 8.07 Å². The summed E-state index contributed by atoms with van der Waals surface area (Å²) < 4.78 is 0. The Morgan fingerprint density at radius 2 is 0.395 bits per heavy atom. The monoisotopic (exact) mass is 569 g/mol. The SMILES string of the molecule is C.C.C.C.CC.CC.CC.CC.CC(C)C(C(C)C)(C(C)C)C(C)C.CC(C)[Si](C(C)C)(C(C)C)C(C)C. The van der Waals surface area contributed by atoms with Crippen LogP contribution in [0.4, 0.5) is 0 Å². The second-order valence-electron chi connectivity index (χ2n) is 11.2. The maximum absolute atomic E-state index is 2.44. The van der Waals surface area contributed by atoms with Gasteiger partial charge in [0.15, 0.2) is 0 Å². The van der Waals surface area contributed by atoms with Crippen LogP contribution in [0.2, 0.25) is 22.2 Å². The maximum atomic E-state index is 2.44. The van der Waals surface area contributed by atoms with Gasteiger partial charge in [-0.25, -0.2) is 0 Å². The summed E-state index contributed by atoms with van der Waals surface area (Å²) in [7, 11) is -1.10. The minimum absolute atomic E-state index is 0. The molecular weight excluding hydrogens is 472 g/mol. The largest absolute Gasteiger partial charge is 0.0776 e. The zero-order valence-electron chi connectivity index (χ0n) is 29.6. The number of hydrogen-bond acceptors (Lipinski definition) is 0. The van der Waals surface area contributed by atoms with Crippen LogP contribution in [0.5, 0.6) is 0 Å². The van der Waals surface area contributed by atoms with Gasteiger partial charge in [0, 0.05) is 0 Å². The molecule has 0 nitrogen and oxygen atoms in total. The van der Waals surface area contributed by atoms with Gasteiger partial charge in [0.25, 0.3) is 0 Å². The second kappa shape index (κ2) is 37.2. The van der Waals surface area contributed by atoms with Crippen molar-refractivity contribution in [2.75, 3.05) is 0 Å². The lowest BCUT2D eigenvalue weighted by Gasteiger charge is -2.49. The minimum Gasteiger partial charge on any atom is -0.0776 e. The summed E-state index contributed by atoms with van der Waals surface area (Å²) in [6.45, 7) is 54.5. The Morgan fingerprint density at radius 1 is 0.289 bits per heavy atom. The Balaban J connectivity index is -0.0000000375. The van der Waals surface area contributed by atoms with Crippen molar-refractivity contribution in [3.8, 4) is 0 Å². The molecule has 0 aromatic rings. The van der Waals surface area contributed by atoms with Crippen molar-refractivity contribution in [3.63, 3.8) is 0 Å². The third-order valence-electron chi connectivity index (χ3n) is 8.00. The van der Waals surface area contributed by atoms with Gasteiger partial charge in [-0.2, -0.15) is 0 Å². The minimum atomic E-state index is -1.10. The predicted octanol–water partition coefficient (Wildman–Crippen LogP) is 16.3. The van der Waals surface area contributed by atoms with Crippen molar-refractivity contribution >= 4 is 8.07 Å². The molecule has 0 aliphatic heterocycles. The van der Waals surface area contributed by atoms with Crippen LogP contribution in [0.25, 0.3) is 0 Å². The molecule has 0 aliphatic rings. The van der Waals surface area contributed by atoms with E-state index in [4.69, 9.17) is 0 Å². The molecule has 0 rings (SSSR count). The molecule has 0 atom stereocenters. The highest BCUT2D eigenvalue weighted by Crippen LogP contribution is 2.49. The molecule has 0 fully saturated rings. The van der Waals surface area contributed by atoms with Crippen molar-refractivity contribution in [3.05, 3.63) is 0 Å². The van der Waals surface area contributed by atoms with Gasteiger partial charge in [0.1, 0.15) is 0 Å². The molecule has 0 N–H and O–H groups in total. The molecule has 0 spiro atoms. The zero-order chi connectivity index (χ0) is 29.6. The zero-order valence-corrected chi connectivity index (χ0v) is 30.6. The van der Waals surface area contributed by atoms with Crippen molar-refractivity contribution < 1.29 is 0 Å². The first-order valence-electron chi connectivity index (χ1n) is 15.5. The fourth-order valence-electron chi connectivity index (χ4n) is 8.00. The summed E-state index contributed by atoms with van der Waals surface area (Å²) in [4.78, 5) is 0. The van der Waals surface area contributed by atoms with E-state index >= 15 is 0 Å². The first kappa shape index (κ1) is 66.5. The summed E-state index contributed by atoms with van der Waals surface area (Å²) in [6.07, 6.45) is 0. The summed E-state index contributed by atoms with van der Waals surface area (Å²) in [6, 6.07) is 0. The molecule has 0 saturated carbocycles. The Labute approximate surface area is 254 Å². The molecule has 0 radical (unpaired) electrons. The van der Waals surface area contributed by atoms with E-state index in [0.29, 0.717) is 5.41 Å². The first-order valence-corrected chi connectivity index (χ1v) is 17.9. The molecule has 0 saturated heterocycles. The Kier molecular flexibility index (Phi) is 65.1. The molecule has 0 aromatic carbocycles. The van der Waals surface area contributed by atoms with E-state index in [1.54, 1.807) is 0 Å². The summed E-state index contributed by atoms with van der Waals surface area (Å²) in [5, 5.41) is 0. The van der Waals surface area contributed by atoms with Gasteiger partial charge in [-0.05, 0) is 29.1 Å². The van der Waals surface area contributed by atoms with Crippen molar-refractivity contribution in [2.24, 2.45) is 29.1 Å². The smallest absolute Gasteiger partial charge is 0.0638 e. The second-order valence-corrected chi connectivity index (χ2v) is 17.9. The number of hydrogen-bond donors (Lipinski definition) is 0. The quantitative estimate of drug-likeness (QED) is 0.255. The van der Waals surface area contributed by atoms with Crippen LogP contribution in [0.3, 0.4) is 0 Å². The van der Waals surface area contributed by atoms with Crippen LogP contribution < -0.4 is 0 Å². The average molecular weight is 569 g/mol. The van der Waals surface area contributed by atoms with Gasteiger partial charge < -0.3 is 0 Å². The molecular formula is C37H96Si. The van der Waals surface area contributed by atoms with Crippen molar-refractivity contribution in [1.29, 1.82) is 0 Å². The van der Waals surface area contributed by atoms with E-state index in [2.05, 4.69) is 111 Å². The van der Waals surface area contributed by atoms with Gasteiger partial charge >= 0.3 is 0 Å². The molecule has 0 unspecified atom stereocenters. The highest BCUT2D eigenvalue weighted by Gasteiger charge is 2.45. The van der Waals surface area contributed by atoms with Gasteiger partial charge in [-0.3, -0.25) is 0 Å². The predicted molar refractivity (Wildman–Crippen MR) is 200 cm³/mol. The molecule has 0 heterocycles. The van der Waals surface area contributed by atoms with Gasteiger partial charge in [-0.15, -0.1) is 0 Å². The van der Waals surface area contributed by atoms with Gasteiger partial charge in [-0.1, -0.05) is 218 Å². The molecule has 0 aromatic heterocycles. The highest BCUT2D eigenvalue weighted by atomic mass is 28.3. The fraction of sp³-hybridized carbons (Fsp3) is 1.00. The van der Waals surface area contributed by atoms with Crippen LogP contribution >= 0.6 is 0 Å². The lowest BCUT2D eigenvalue weighted by molar-refractivity contribution is -0.00353. The third-order valence-corrected chi connectivity index (χ3v) is 16.0. The Bertz CT molecular complexity index is 248. The van der Waals surface area contributed by atoms with Crippen LogP contribution in [-0.4, -0.2) is 8.07 Å². The number of rotatable bonds is 8. The molecule has 0 bridgehead atoms. The van der Waals surface area contributed by atoms with Crippen LogP contribution in [0, 0.1) is 29.1 Å². The van der Waals surface area contributed by atoms with Gasteiger partial charge in [0.2, 0.25) is 0 Å². The molecule has 1 heteroatoms. The first-order chi connectivity index (χ1) is 15.5. The molecule has 0 amide bonds. The lowest BCUT2D eigenvalue weighted by atomic mass is 9.56. The maximum Gasteiger partial charge on any atom is 0.0638 e.